The number of esters is 1. The standard InChI is InChI=1S/C41H40N2O9/c1-25(30(29-18-19-34-35(21-29)50-24-49-34)12-9-15-36-42-32-13-7-8-14-33(32)51-36)43(23-26-16-17-27-10-5-6-11-28(27)20-26)39(47)38(46)31(22-37(44)45)40(48)52-41(2,3)4/h5-11,13-21,25,30,46H,12,22-24H2,1-4H3,(H,44,45)/b15-9+,38-31+/t25?,30-/m0/s1. The third-order valence-corrected chi connectivity index (χ3v) is 8.75. The van der Waals surface area contributed by atoms with Gasteiger partial charge in [0.25, 0.3) is 5.91 Å². The Balaban J connectivity index is 1.42. The number of hydrogen-bond acceptors (Lipinski definition) is 9. The van der Waals surface area contributed by atoms with E-state index in [2.05, 4.69) is 4.98 Å². The van der Waals surface area contributed by atoms with Crippen LogP contribution in [-0.2, 0) is 25.7 Å². The Morgan fingerprint density at radius 2 is 1.65 bits per heavy atom. The molecule has 1 unspecified atom stereocenters. The number of fused-ring (bicyclic) bond motifs is 3. The summed E-state index contributed by atoms with van der Waals surface area (Å²) in [7, 11) is 0. The molecule has 1 amide bonds. The number of carbonyl (C=O) groups is 3. The molecule has 5 aromatic rings. The number of carboxylic acids is 1. The predicted octanol–water partition coefficient (Wildman–Crippen LogP) is 7.94. The third-order valence-electron chi connectivity index (χ3n) is 8.75. The fraction of sp³-hybridized carbons (Fsp3) is 0.268. The molecule has 0 aliphatic carbocycles. The maximum Gasteiger partial charge on any atom is 0.339 e. The molecule has 52 heavy (non-hydrogen) atoms. The lowest BCUT2D eigenvalue weighted by atomic mass is 9.87. The number of aliphatic hydroxyl groups excluding tert-OH is 1. The van der Waals surface area contributed by atoms with Crippen LogP contribution in [0, 0.1) is 0 Å². The van der Waals surface area contributed by atoms with Crippen molar-refractivity contribution in [1.82, 2.24) is 9.88 Å². The average molecular weight is 705 g/mol. The van der Waals surface area contributed by atoms with Crippen LogP contribution in [0.1, 0.15) is 63.5 Å². The normalized spacial score (nSPS) is 14.3. The van der Waals surface area contributed by atoms with Crippen LogP contribution in [0.15, 0.2) is 107 Å². The Hall–Kier alpha value is -6.10. The van der Waals surface area contributed by atoms with Crippen molar-refractivity contribution < 1.29 is 43.2 Å². The van der Waals surface area contributed by atoms with Gasteiger partial charge in [-0.1, -0.05) is 60.7 Å². The molecule has 1 aromatic heterocycles. The Morgan fingerprint density at radius 1 is 0.923 bits per heavy atom. The summed E-state index contributed by atoms with van der Waals surface area (Å²) in [5.41, 5.74) is 1.30. The SMILES string of the molecule is CC([C@H](C/C=C/c1nc2ccccc2o1)c1ccc2c(c1)OCO2)N(Cc1ccc2ccccc2c1)C(=O)/C(O)=C(/CC(=O)O)C(=O)OC(C)(C)C. The second-order valence-corrected chi connectivity index (χ2v) is 13.6. The predicted molar refractivity (Wildman–Crippen MR) is 195 cm³/mol. The molecule has 11 heteroatoms. The highest BCUT2D eigenvalue weighted by Crippen LogP contribution is 2.38. The van der Waals surface area contributed by atoms with Crippen molar-refractivity contribution in [2.45, 2.75) is 64.6 Å². The number of nitrogens with zero attached hydrogens (tertiary/aromatic N) is 2. The zero-order valence-electron chi connectivity index (χ0n) is 29.4. The van der Waals surface area contributed by atoms with Gasteiger partial charge in [0.1, 0.15) is 11.1 Å². The highest BCUT2D eigenvalue weighted by atomic mass is 16.7. The summed E-state index contributed by atoms with van der Waals surface area (Å²) in [6, 6.07) is 26.0. The van der Waals surface area contributed by atoms with Gasteiger partial charge < -0.3 is 33.7 Å². The van der Waals surface area contributed by atoms with Crippen molar-refractivity contribution >= 4 is 45.8 Å². The van der Waals surface area contributed by atoms with E-state index in [-0.39, 0.29) is 13.3 Å². The number of rotatable bonds is 12. The van der Waals surface area contributed by atoms with Crippen molar-refractivity contribution in [1.29, 1.82) is 0 Å². The van der Waals surface area contributed by atoms with E-state index in [0.29, 0.717) is 29.4 Å². The smallest absolute Gasteiger partial charge is 0.339 e. The van der Waals surface area contributed by atoms with Gasteiger partial charge in [-0.05, 0) is 92.4 Å². The van der Waals surface area contributed by atoms with Gasteiger partial charge in [-0.2, -0.15) is 0 Å². The third kappa shape index (κ3) is 8.26. The summed E-state index contributed by atoms with van der Waals surface area (Å²) < 4.78 is 22.6. The zero-order chi connectivity index (χ0) is 37.0. The van der Waals surface area contributed by atoms with Crippen LogP contribution in [0.4, 0.5) is 0 Å². The van der Waals surface area contributed by atoms with Crippen LogP contribution in [0.5, 0.6) is 11.5 Å². The van der Waals surface area contributed by atoms with Crippen LogP contribution in [0.3, 0.4) is 0 Å². The highest BCUT2D eigenvalue weighted by molar-refractivity contribution is 6.03. The number of para-hydroxylation sites is 2. The fourth-order valence-electron chi connectivity index (χ4n) is 6.19. The summed E-state index contributed by atoms with van der Waals surface area (Å²) in [5, 5.41) is 23.1. The minimum absolute atomic E-state index is 0.0272. The second-order valence-electron chi connectivity index (χ2n) is 13.6. The Kier molecular flexibility index (Phi) is 10.3. The van der Waals surface area contributed by atoms with Gasteiger partial charge >= 0.3 is 11.9 Å². The first-order chi connectivity index (χ1) is 24.9. The summed E-state index contributed by atoms with van der Waals surface area (Å²) in [6.07, 6.45) is 3.15. The molecular weight excluding hydrogens is 664 g/mol. The van der Waals surface area contributed by atoms with E-state index in [4.69, 9.17) is 18.6 Å². The molecule has 0 spiro atoms. The van der Waals surface area contributed by atoms with E-state index in [1.165, 1.54) is 4.90 Å². The van der Waals surface area contributed by atoms with Crippen LogP contribution < -0.4 is 9.47 Å². The number of carboxylic acid groups (broad SMARTS) is 1. The van der Waals surface area contributed by atoms with Crippen molar-refractivity contribution in [3.63, 3.8) is 0 Å². The average Bonchev–Trinajstić information content (AvgIpc) is 3.76. The van der Waals surface area contributed by atoms with Gasteiger partial charge in [-0.15, -0.1) is 0 Å². The van der Waals surface area contributed by atoms with E-state index in [1.54, 1.807) is 26.8 Å². The number of hydrogen-bond donors (Lipinski definition) is 2. The maximum atomic E-state index is 14.5. The fourth-order valence-corrected chi connectivity index (χ4v) is 6.19. The summed E-state index contributed by atoms with van der Waals surface area (Å²) in [6.45, 7) is 6.79. The summed E-state index contributed by atoms with van der Waals surface area (Å²) in [4.78, 5) is 45.6. The van der Waals surface area contributed by atoms with Gasteiger partial charge in [0.05, 0.1) is 12.0 Å². The molecule has 0 fully saturated rings. The first kappa shape index (κ1) is 35.7. The monoisotopic (exact) mass is 704 g/mol. The van der Waals surface area contributed by atoms with Gasteiger partial charge in [0, 0.05) is 18.5 Å². The lowest BCUT2D eigenvalue weighted by molar-refractivity contribution is -0.152. The number of ether oxygens (including phenoxy) is 3. The van der Waals surface area contributed by atoms with Crippen LogP contribution in [0.25, 0.3) is 27.9 Å². The molecule has 2 N–H and O–H groups in total. The molecule has 0 bridgehead atoms. The van der Waals surface area contributed by atoms with Crippen molar-refractivity contribution in [3.05, 3.63) is 119 Å². The molecule has 0 saturated carbocycles. The number of oxazole rings is 1. The number of allylic oxidation sites excluding steroid dienone is 1. The molecule has 1 aliphatic rings. The van der Waals surface area contributed by atoms with Crippen LogP contribution in [0.2, 0.25) is 0 Å². The van der Waals surface area contributed by atoms with Gasteiger partial charge in [0.15, 0.2) is 22.8 Å². The number of carbonyl (C=O) groups excluding carboxylic acids is 2. The zero-order valence-corrected chi connectivity index (χ0v) is 29.4. The minimum atomic E-state index is -1.41. The van der Waals surface area contributed by atoms with Gasteiger partial charge in [-0.3, -0.25) is 9.59 Å². The summed E-state index contributed by atoms with van der Waals surface area (Å²) >= 11 is 0. The topological polar surface area (TPSA) is 149 Å². The molecule has 4 aromatic carbocycles. The number of amides is 1. The molecule has 0 saturated heterocycles. The molecule has 268 valence electrons. The van der Waals surface area contributed by atoms with Crippen LogP contribution >= 0.6 is 0 Å². The number of benzene rings is 4. The maximum absolute atomic E-state index is 14.5. The quantitative estimate of drug-likeness (QED) is 0.0745. The highest BCUT2D eigenvalue weighted by Gasteiger charge is 2.35. The van der Waals surface area contributed by atoms with Crippen molar-refractivity contribution in [2.24, 2.45) is 0 Å². The molecular formula is C41H40N2O9. The first-order valence-corrected chi connectivity index (χ1v) is 16.9. The summed E-state index contributed by atoms with van der Waals surface area (Å²) in [5.74, 6) is -3.24. The largest absolute Gasteiger partial charge is 0.503 e. The van der Waals surface area contributed by atoms with E-state index < -0.39 is 53.2 Å². The molecule has 0 radical (unpaired) electrons. The minimum Gasteiger partial charge on any atom is -0.503 e. The number of aromatic nitrogens is 1. The lowest BCUT2D eigenvalue weighted by Gasteiger charge is -2.35. The lowest BCUT2D eigenvalue weighted by Crippen LogP contribution is -2.43. The molecule has 6 rings (SSSR count). The molecule has 1 aliphatic heterocycles. The Morgan fingerprint density at radius 3 is 2.40 bits per heavy atom. The van der Waals surface area contributed by atoms with Crippen molar-refractivity contribution in [2.75, 3.05) is 6.79 Å². The van der Waals surface area contributed by atoms with E-state index in [0.717, 1.165) is 27.4 Å². The Labute approximate surface area is 300 Å². The molecule has 2 atom stereocenters. The van der Waals surface area contributed by atoms with E-state index >= 15 is 0 Å². The van der Waals surface area contributed by atoms with Gasteiger partial charge in [0.2, 0.25) is 12.7 Å². The second kappa shape index (κ2) is 15.0. The first-order valence-electron chi connectivity index (χ1n) is 16.9. The number of aliphatic carboxylic acids is 1. The Bertz CT molecular complexity index is 2160. The van der Waals surface area contributed by atoms with E-state index in [9.17, 15) is 24.6 Å². The molecule has 11 nitrogen and oxygen atoms in total. The molecule has 2 heterocycles. The van der Waals surface area contributed by atoms with Gasteiger partial charge in [-0.25, -0.2) is 9.78 Å². The van der Waals surface area contributed by atoms with Crippen LogP contribution in [-0.4, -0.2) is 56.4 Å². The number of aliphatic hydroxyl groups is 1. The van der Waals surface area contributed by atoms with E-state index in [1.807, 2.05) is 97.9 Å². The van der Waals surface area contributed by atoms with Crippen molar-refractivity contribution in [3.8, 4) is 11.5 Å².